The molecule has 4 N–H and O–H groups in total. The maximum Gasteiger partial charge on any atom is 0.122 e. The molecule has 0 aromatic heterocycles. The second-order valence-corrected chi connectivity index (χ2v) is 22.8. The molecule has 1 aliphatic carbocycles. The molecule has 3 aliphatic rings. The first-order chi connectivity index (χ1) is 32.5. The lowest BCUT2D eigenvalue weighted by atomic mass is 9.81. The lowest BCUT2D eigenvalue weighted by Crippen LogP contribution is -2.33. The molecular weight excluding hydrogens is 837 g/mol. The zero-order valence-corrected chi connectivity index (χ0v) is 41.5. The van der Waals surface area contributed by atoms with Gasteiger partial charge >= 0.3 is 0 Å². The van der Waals surface area contributed by atoms with Crippen LogP contribution in [0, 0.1) is 11.8 Å². The van der Waals surface area contributed by atoms with Crippen molar-refractivity contribution in [1.29, 1.82) is 0 Å². The van der Waals surface area contributed by atoms with Crippen molar-refractivity contribution in [3.63, 3.8) is 0 Å². The Morgan fingerprint density at radius 3 is 0.912 bits per heavy atom. The fourth-order valence-corrected chi connectivity index (χ4v) is 11.2. The third-order valence-corrected chi connectivity index (χ3v) is 15.4. The average Bonchev–Trinajstić information content (AvgIpc) is 3.30. The highest BCUT2D eigenvalue weighted by molar-refractivity contribution is 5.58. The van der Waals surface area contributed by atoms with E-state index in [1.807, 2.05) is 0 Å². The molecule has 356 valence electrons. The van der Waals surface area contributed by atoms with Gasteiger partial charge in [0.15, 0.2) is 0 Å². The molecule has 2 saturated heterocycles. The minimum Gasteiger partial charge on any atom is -0.507 e. The van der Waals surface area contributed by atoms with E-state index >= 15 is 0 Å². The van der Waals surface area contributed by atoms with Gasteiger partial charge in [-0.25, -0.2) is 0 Å². The van der Waals surface area contributed by atoms with Crippen LogP contribution in [-0.2, 0) is 62.4 Å². The summed E-state index contributed by atoms with van der Waals surface area (Å²) in [6, 6.07) is 38.7. The van der Waals surface area contributed by atoms with Crippen LogP contribution >= 0.6 is 0 Å². The standard InChI is InChI=1S/C62H74N2O4/c1-61(2,3)55-35-51-31-47-27-45(39-63-21-17-43(18-22-63)25-41-13-9-7-10-14-41)29-49(57(47)65)33-53-37-56(62(4,5)6)38-54(60(53)68)34-50-30-46(28-48(58(50)66)32-52(36-55)59(51)67)40-64-23-19-44(20-24-64)26-42-15-11-8-12-16-42/h7-16,27-30,35-38,43-44,65-68H,17-26,31-34,39-40H2,1-6H3. The molecule has 6 heteroatoms. The van der Waals surface area contributed by atoms with Crippen molar-refractivity contribution in [2.75, 3.05) is 26.2 Å². The Labute approximate surface area is 406 Å². The average molecular weight is 911 g/mol. The van der Waals surface area contributed by atoms with E-state index in [1.165, 1.54) is 11.1 Å². The number of aromatic hydroxyl groups is 4. The molecule has 0 atom stereocenters. The van der Waals surface area contributed by atoms with E-state index in [1.54, 1.807) is 0 Å². The summed E-state index contributed by atoms with van der Waals surface area (Å²) in [5, 5.41) is 49.4. The molecule has 8 bridgehead atoms. The van der Waals surface area contributed by atoms with Gasteiger partial charge in [-0.05, 0) is 165 Å². The van der Waals surface area contributed by atoms with Gasteiger partial charge in [0.05, 0.1) is 0 Å². The Hall–Kier alpha value is -5.56. The first-order valence-corrected chi connectivity index (χ1v) is 25.4. The van der Waals surface area contributed by atoms with Gasteiger partial charge in [-0.2, -0.15) is 0 Å². The van der Waals surface area contributed by atoms with Gasteiger partial charge in [0.25, 0.3) is 0 Å². The van der Waals surface area contributed by atoms with Crippen LogP contribution in [0.15, 0.2) is 109 Å². The summed E-state index contributed by atoms with van der Waals surface area (Å²) >= 11 is 0. The van der Waals surface area contributed by atoms with Gasteiger partial charge in [0, 0.05) is 38.8 Å². The predicted octanol–water partition coefficient (Wildman–Crippen LogP) is 12.7. The molecule has 6 nitrogen and oxygen atoms in total. The summed E-state index contributed by atoms with van der Waals surface area (Å²) < 4.78 is 0. The third-order valence-electron chi connectivity index (χ3n) is 15.4. The van der Waals surface area contributed by atoms with E-state index in [2.05, 4.69) is 161 Å². The maximum atomic E-state index is 12.3. The Kier molecular flexibility index (Phi) is 13.8. The fourth-order valence-electron chi connectivity index (χ4n) is 11.2. The zero-order valence-electron chi connectivity index (χ0n) is 41.5. The summed E-state index contributed by atoms with van der Waals surface area (Å²) in [6.07, 6.45) is 8.16. The summed E-state index contributed by atoms with van der Waals surface area (Å²) in [7, 11) is 0. The van der Waals surface area contributed by atoms with Gasteiger partial charge in [0.1, 0.15) is 23.0 Å². The monoisotopic (exact) mass is 911 g/mol. The van der Waals surface area contributed by atoms with E-state index in [9.17, 15) is 20.4 Å². The van der Waals surface area contributed by atoms with Gasteiger partial charge in [0.2, 0.25) is 0 Å². The van der Waals surface area contributed by atoms with Gasteiger partial charge < -0.3 is 20.4 Å². The highest BCUT2D eigenvalue weighted by Gasteiger charge is 2.27. The van der Waals surface area contributed by atoms with Crippen LogP contribution in [0.5, 0.6) is 23.0 Å². The topological polar surface area (TPSA) is 87.4 Å². The molecule has 0 amide bonds. The van der Waals surface area contributed by atoms with Gasteiger partial charge in [-0.1, -0.05) is 151 Å². The number of hydrogen-bond donors (Lipinski definition) is 4. The number of rotatable bonds is 8. The van der Waals surface area contributed by atoms with Crippen LogP contribution in [0.4, 0.5) is 0 Å². The van der Waals surface area contributed by atoms with Crippen LogP contribution in [0.2, 0.25) is 0 Å². The number of hydrogen-bond acceptors (Lipinski definition) is 6. The Bertz CT molecular complexity index is 2430. The van der Waals surface area contributed by atoms with Crippen molar-refractivity contribution >= 4 is 0 Å². The lowest BCUT2D eigenvalue weighted by molar-refractivity contribution is 0.177. The van der Waals surface area contributed by atoms with Crippen LogP contribution in [-0.4, -0.2) is 56.4 Å². The van der Waals surface area contributed by atoms with Crippen LogP contribution in [0.1, 0.15) is 145 Å². The van der Waals surface area contributed by atoms with Crippen molar-refractivity contribution in [1.82, 2.24) is 9.80 Å². The maximum absolute atomic E-state index is 12.3. The van der Waals surface area contributed by atoms with Gasteiger partial charge in [-0.3, -0.25) is 9.80 Å². The largest absolute Gasteiger partial charge is 0.507 e. The van der Waals surface area contributed by atoms with Crippen molar-refractivity contribution in [3.05, 3.63) is 187 Å². The van der Waals surface area contributed by atoms with Crippen molar-refractivity contribution in [3.8, 4) is 23.0 Å². The summed E-state index contributed by atoms with van der Waals surface area (Å²) in [5.41, 5.74) is 12.9. The highest BCUT2D eigenvalue weighted by Crippen LogP contribution is 2.42. The summed E-state index contributed by atoms with van der Waals surface area (Å²) in [5.74, 6) is 2.16. The molecule has 2 fully saturated rings. The molecule has 0 radical (unpaired) electrons. The molecule has 68 heavy (non-hydrogen) atoms. The minimum atomic E-state index is -0.216. The Balaban J connectivity index is 1.09. The molecule has 0 unspecified atom stereocenters. The van der Waals surface area contributed by atoms with Crippen molar-refractivity contribution < 1.29 is 20.4 Å². The number of likely N-dealkylation sites (tertiary alicyclic amines) is 2. The molecule has 9 rings (SSSR count). The molecule has 2 aliphatic heterocycles. The van der Waals surface area contributed by atoms with E-state index in [-0.39, 0.29) is 33.8 Å². The number of phenols is 4. The van der Waals surface area contributed by atoms with E-state index in [0.717, 1.165) is 145 Å². The SMILES string of the molecule is CC(C)(C)c1cc2c(O)c(c1)Cc1cc(CN3CCC(Cc4ccccc4)CC3)cc(c1O)Cc1cc(C(C)(C)C)cc(c1O)Cc1cc(CN3CCC(Cc4ccccc4)CC3)cc(c1O)C2. The highest BCUT2D eigenvalue weighted by atomic mass is 16.3. The van der Waals surface area contributed by atoms with Gasteiger partial charge in [-0.15, -0.1) is 0 Å². The number of nitrogens with zero attached hydrogens (tertiary/aromatic N) is 2. The summed E-state index contributed by atoms with van der Waals surface area (Å²) in [4.78, 5) is 5.09. The fraction of sp³-hybridized carbons (Fsp3) is 0.419. The number of fused-ring (bicyclic) bond motifs is 8. The second kappa shape index (κ2) is 19.8. The van der Waals surface area contributed by atoms with E-state index in [0.29, 0.717) is 37.5 Å². The zero-order chi connectivity index (χ0) is 47.7. The molecule has 0 saturated carbocycles. The van der Waals surface area contributed by atoms with E-state index in [4.69, 9.17) is 0 Å². The van der Waals surface area contributed by atoms with E-state index < -0.39 is 0 Å². The number of phenolic OH excluding ortho intramolecular Hbond substituents is 4. The predicted molar refractivity (Wildman–Crippen MR) is 277 cm³/mol. The number of piperidine rings is 2. The molecular formula is C62H74N2O4. The first kappa shape index (κ1) is 47.5. The Morgan fingerprint density at radius 1 is 0.382 bits per heavy atom. The lowest BCUT2D eigenvalue weighted by Gasteiger charge is -2.32. The quantitative estimate of drug-likeness (QED) is 0.122. The third kappa shape index (κ3) is 11.1. The first-order valence-electron chi connectivity index (χ1n) is 25.4. The van der Waals surface area contributed by atoms with Crippen LogP contribution < -0.4 is 0 Å². The summed E-state index contributed by atoms with van der Waals surface area (Å²) in [6.45, 7) is 18.8. The molecule has 6 aromatic carbocycles. The molecule has 6 aromatic rings. The van der Waals surface area contributed by atoms with Crippen molar-refractivity contribution in [2.45, 2.75) is 130 Å². The smallest absolute Gasteiger partial charge is 0.122 e. The molecule has 0 spiro atoms. The van der Waals surface area contributed by atoms with Crippen LogP contribution in [0.25, 0.3) is 0 Å². The van der Waals surface area contributed by atoms with Crippen molar-refractivity contribution in [2.24, 2.45) is 11.8 Å². The normalized spacial score (nSPS) is 16.8. The van der Waals surface area contributed by atoms with Crippen LogP contribution in [0.3, 0.4) is 0 Å². The molecule has 2 heterocycles. The number of benzene rings is 6. The minimum absolute atomic E-state index is 0.210. The second-order valence-electron chi connectivity index (χ2n) is 22.8. The Morgan fingerprint density at radius 2 is 0.647 bits per heavy atom.